The molecule has 1 fully saturated rings. The first-order valence-corrected chi connectivity index (χ1v) is 9.31. The molecule has 1 saturated heterocycles. The summed E-state index contributed by atoms with van der Waals surface area (Å²) in [6, 6.07) is 0. The second-order valence-corrected chi connectivity index (χ2v) is 7.39. The summed E-state index contributed by atoms with van der Waals surface area (Å²) < 4.78 is 10.5. The summed E-state index contributed by atoms with van der Waals surface area (Å²) in [5.74, 6) is -0.283. The number of nitrogens with one attached hydrogen (secondary N) is 2. The molecule has 1 unspecified atom stereocenters. The van der Waals surface area contributed by atoms with Gasteiger partial charge in [0.2, 0.25) is 0 Å². The van der Waals surface area contributed by atoms with Gasteiger partial charge in [-0.15, -0.1) is 11.3 Å². The van der Waals surface area contributed by atoms with Crippen LogP contribution in [-0.4, -0.2) is 37.4 Å². The maximum absolute atomic E-state index is 12.2. The third-order valence-corrected chi connectivity index (χ3v) is 5.76. The van der Waals surface area contributed by atoms with Crippen LogP contribution in [0.4, 0.5) is 5.00 Å². The molecule has 1 aromatic heterocycles. The lowest BCUT2D eigenvalue weighted by molar-refractivity contribution is 0.0601. The number of thiocarbonyl (C=S) groups is 1. The summed E-state index contributed by atoms with van der Waals surface area (Å²) >= 11 is 6.99. The fraction of sp³-hybridized carbons (Fsp3) is 0.625. The van der Waals surface area contributed by atoms with Crippen LogP contribution in [0.1, 0.15) is 46.5 Å². The van der Waals surface area contributed by atoms with Crippen LogP contribution in [0.3, 0.4) is 0 Å². The zero-order valence-corrected chi connectivity index (χ0v) is 14.9. The van der Waals surface area contributed by atoms with Crippen LogP contribution in [0.15, 0.2) is 0 Å². The average Bonchev–Trinajstić information content (AvgIpc) is 3.19. The Bertz CT molecular complexity index is 594. The van der Waals surface area contributed by atoms with Crippen LogP contribution in [0.2, 0.25) is 0 Å². The number of fused-ring (bicyclic) bond motifs is 1. The number of carbonyl (C=O) groups is 1. The van der Waals surface area contributed by atoms with Crippen LogP contribution in [-0.2, 0) is 22.3 Å². The predicted molar refractivity (Wildman–Crippen MR) is 95.5 cm³/mol. The highest BCUT2D eigenvalue weighted by Gasteiger charge is 2.26. The molecule has 5 nitrogen and oxygen atoms in total. The van der Waals surface area contributed by atoms with Crippen LogP contribution < -0.4 is 10.6 Å². The highest BCUT2D eigenvalue weighted by atomic mass is 32.1. The monoisotopic (exact) mass is 354 g/mol. The lowest BCUT2D eigenvalue weighted by Crippen LogP contribution is -2.35. The van der Waals surface area contributed by atoms with Crippen molar-refractivity contribution in [3.8, 4) is 0 Å². The molecule has 1 aromatic rings. The maximum Gasteiger partial charge on any atom is 0.341 e. The minimum absolute atomic E-state index is 0.228. The fourth-order valence-electron chi connectivity index (χ4n) is 3.13. The van der Waals surface area contributed by atoms with Gasteiger partial charge in [-0.2, -0.15) is 0 Å². The molecule has 0 bridgehead atoms. The van der Waals surface area contributed by atoms with Gasteiger partial charge in [-0.25, -0.2) is 4.79 Å². The summed E-state index contributed by atoms with van der Waals surface area (Å²) in [7, 11) is 1.42. The van der Waals surface area contributed by atoms with E-state index in [0.717, 1.165) is 49.3 Å². The average molecular weight is 354 g/mol. The second-order valence-electron chi connectivity index (χ2n) is 5.88. The molecule has 0 amide bonds. The van der Waals surface area contributed by atoms with Crippen LogP contribution in [0.25, 0.3) is 0 Å². The molecule has 0 saturated carbocycles. The molecule has 1 aliphatic carbocycles. The van der Waals surface area contributed by atoms with Gasteiger partial charge in [0, 0.05) is 18.0 Å². The summed E-state index contributed by atoms with van der Waals surface area (Å²) in [5, 5.41) is 7.71. The Balaban J connectivity index is 1.69. The standard InChI is InChI=1S/C16H22N2O3S2/c1-20-15(19)13-11-6-2-3-7-12(11)23-14(13)18-16(22)17-9-10-5-4-8-21-10/h10H,2-9H2,1H3,(H2,17,18,22). The van der Waals surface area contributed by atoms with Gasteiger partial charge in [0.25, 0.3) is 0 Å². The molecule has 7 heteroatoms. The van der Waals surface area contributed by atoms with Gasteiger partial charge >= 0.3 is 5.97 Å². The largest absolute Gasteiger partial charge is 0.465 e. The molecule has 23 heavy (non-hydrogen) atoms. The molecule has 1 atom stereocenters. The van der Waals surface area contributed by atoms with Crippen molar-refractivity contribution in [1.82, 2.24) is 5.32 Å². The van der Waals surface area contributed by atoms with Gasteiger partial charge in [-0.3, -0.25) is 0 Å². The topological polar surface area (TPSA) is 59.6 Å². The quantitative estimate of drug-likeness (QED) is 0.640. The van der Waals surface area contributed by atoms with Crippen LogP contribution in [0.5, 0.6) is 0 Å². The smallest absolute Gasteiger partial charge is 0.341 e. The van der Waals surface area contributed by atoms with Crippen molar-refractivity contribution < 1.29 is 14.3 Å². The van der Waals surface area contributed by atoms with E-state index in [9.17, 15) is 4.79 Å². The molecule has 126 valence electrons. The number of anilines is 1. The molecule has 3 rings (SSSR count). The Hall–Kier alpha value is -1.18. The molecular weight excluding hydrogens is 332 g/mol. The third kappa shape index (κ3) is 3.84. The van der Waals surface area contributed by atoms with Gasteiger partial charge in [0.1, 0.15) is 5.00 Å². The highest BCUT2D eigenvalue weighted by Crippen LogP contribution is 2.38. The first-order chi connectivity index (χ1) is 11.2. The van der Waals surface area contributed by atoms with Gasteiger partial charge < -0.3 is 20.1 Å². The minimum Gasteiger partial charge on any atom is -0.465 e. The number of hydrogen-bond donors (Lipinski definition) is 2. The number of ether oxygens (including phenoxy) is 2. The van der Waals surface area contributed by atoms with E-state index in [0.29, 0.717) is 17.2 Å². The molecule has 2 N–H and O–H groups in total. The Morgan fingerprint density at radius 1 is 1.39 bits per heavy atom. The Kier molecular flexibility index (Phi) is 5.50. The molecule has 2 heterocycles. The SMILES string of the molecule is COC(=O)c1c(NC(=S)NCC2CCCO2)sc2c1CCCC2. The van der Waals surface area contributed by atoms with Gasteiger partial charge in [-0.1, -0.05) is 0 Å². The fourth-order valence-corrected chi connectivity index (χ4v) is 4.66. The molecule has 2 aliphatic rings. The zero-order valence-electron chi connectivity index (χ0n) is 13.3. The number of aryl methyl sites for hydroxylation is 1. The normalized spacial score (nSPS) is 20.0. The number of esters is 1. The van der Waals surface area contributed by atoms with E-state index in [1.807, 2.05) is 0 Å². The van der Waals surface area contributed by atoms with Crippen molar-refractivity contribution in [1.29, 1.82) is 0 Å². The Morgan fingerprint density at radius 3 is 2.96 bits per heavy atom. The first kappa shape index (κ1) is 16.7. The van der Waals surface area contributed by atoms with Gasteiger partial charge in [-0.05, 0) is 56.3 Å². The Labute approximate surface area is 145 Å². The molecular formula is C16H22N2O3S2. The van der Waals surface area contributed by atoms with E-state index in [1.165, 1.54) is 18.4 Å². The van der Waals surface area contributed by atoms with Crippen molar-refractivity contribution in [2.45, 2.75) is 44.6 Å². The number of thiophene rings is 1. The van der Waals surface area contributed by atoms with Gasteiger partial charge in [0.05, 0.1) is 18.8 Å². The summed E-state index contributed by atoms with van der Waals surface area (Å²) in [5.41, 5.74) is 1.80. The van der Waals surface area contributed by atoms with Gasteiger partial charge in [0.15, 0.2) is 5.11 Å². The maximum atomic E-state index is 12.2. The van der Waals surface area contributed by atoms with E-state index in [-0.39, 0.29) is 12.1 Å². The number of carbonyl (C=O) groups excluding carboxylic acids is 1. The lowest BCUT2D eigenvalue weighted by atomic mass is 9.95. The number of methoxy groups -OCH3 is 1. The number of rotatable bonds is 4. The molecule has 0 spiro atoms. The summed E-state index contributed by atoms with van der Waals surface area (Å²) in [6.07, 6.45) is 6.67. The highest BCUT2D eigenvalue weighted by molar-refractivity contribution is 7.80. The zero-order chi connectivity index (χ0) is 16.2. The van der Waals surface area contributed by atoms with Crippen LogP contribution >= 0.6 is 23.6 Å². The lowest BCUT2D eigenvalue weighted by Gasteiger charge is -2.14. The molecule has 0 radical (unpaired) electrons. The summed E-state index contributed by atoms with van der Waals surface area (Å²) in [6.45, 7) is 1.53. The van der Waals surface area contributed by atoms with E-state index in [1.54, 1.807) is 11.3 Å². The molecule has 0 aromatic carbocycles. The van der Waals surface area contributed by atoms with Crippen molar-refractivity contribution in [2.75, 3.05) is 25.6 Å². The third-order valence-electron chi connectivity index (χ3n) is 4.30. The minimum atomic E-state index is -0.283. The molecule has 1 aliphatic heterocycles. The predicted octanol–water partition coefficient (Wildman–Crippen LogP) is 2.88. The van der Waals surface area contributed by atoms with Crippen molar-refractivity contribution in [2.24, 2.45) is 0 Å². The van der Waals surface area contributed by atoms with E-state index >= 15 is 0 Å². The summed E-state index contributed by atoms with van der Waals surface area (Å²) in [4.78, 5) is 13.5. The number of hydrogen-bond acceptors (Lipinski definition) is 5. The van der Waals surface area contributed by atoms with Crippen molar-refractivity contribution >= 4 is 39.6 Å². The van der Waals surface area contributed by atoms with E-state index < -0.39 is 0 Å². The van der Waals surface area contributed by atoms with E-state index in [2.05, 4.69) is 10.6 Å². The Morgan fingerprint density at radius 2 is 2.22 bits per heavy atom. The van der Waals surface area contributed by atoms with Crippen molar-refractivity contribution in [3.05, 3.63) is 16.0 Å². The van der Waals surface area contributed by atoms with Crippen LogP contribution in [0, 0.1) is 0 Å². The van der Waals surface area contributed by atoms with E-state index in [4.69, 9.17) is 21.7 Å². The second kappa shape index (κ2) is 7.59. The first-order valence-electron chi connectivity index (χ1n) is 8.08. The van der Waals surface area contributed by atoms with Crippen molar-refractivity contribution in [3.63, 3.8) is 0 Å².